The number of ether oxygens (including phenoxy) is 1. The maximum Gasteiger partial charge on any atom is 0.327 e. The molecule has 1 rings (SSSR count). The molecule has 0 aromatic heterocycles. The van der Waals surface area contributed by atoms with Gasteiger partial charge in [0.2, 0.25) is 0 Å². The standard InChI is InChI=1S/C15H20O5/c16-9-10-20-13-6-4-5-12(11-13)14(17)7-2-1-3-8-15(18)19/h3-6,8,11,14,16-17H,1-2,7,9-10H2,(H,18,19)/b8-3+/t14-/m1/s1. The predicted octanol–water partition coefficient (Wildman–Crippen LogP) is 1.90. The average Bonchev–Trinajstić information content (AvgIpc) is 2.44. The second kappa shape index (κ2) is 9.12. The van der Waals surface area contributed by atoms with Crippen molar-refractivity contribution in [3.05, 3.63) is 42.0 Å². The van der Waals surface area contributed by atoms with Crippen LogP contribution in [0.2, 0.25) is 0 Å². The number of aliphatic hydroxyl groups is 2. The fraction of sp³-hybridized carbons (Fsp3) is 0.400. The SMILES string of the molecule is O=C(O)/C=C/CCC[C@@H](O)c1cccc(OCCO)c1. The van der Waals surface area contributed by atoms with E-state index in [2.05, 4.69) is 0 Å². The Kier molecular flexibility index (Phi) is 7.39. The average molecular weight is 280 g/mol. The molecule has 0 saturated carbocycles. The highest BCUT2D eigenvalue weighted by molar-refractivity contribution is 5.79. The number of hydrogen-bond acceptors (Lipinski definition) is 4. The van der Waals surface area contributed by atoms with Crippen LogP contribution in [0.25, 0.3) is 0 Å². The van der Waals surface area contributed by atoms with E-state index in [0.717, 1.165) is 11.6 Å². The number of unbranched alkanes of at least 4 members (excludes halogenated alkanes) is 1. The summed E-state index contributed by atoms with van der Waals surface area (Å²) in [5.41, 5.74) is 0.752. The van der Waals surface area contributed by atoms with Gasteiger partial charge in [-0.1, -0.05) is 18.2 Å². The summed E-state index contributed by atoms with van der Waals surface area (Å²) < 4.78 is 5.28. The number of carboxylic acids is 1. The first-order chi connectivity index (χ1) is 9.63. The highest BCUT2D eigenvalue weighted by atomic mass is 16.5. The summed E-state index contributed by atoms with van der Waals surface area (Å²) in [5.74, 6) is -0.347. The summed E-state index contributed by atoms with van der Waals surface area (Å²) in [5, 5.41) is 27.2. The molecule has 110 valence electrons. The third-order valence-electron chi connectivity index (χ3n) is 2.71. The fourth-order valence-corrected chi connectivity index (χ4v) is 1.75. The fourth-order valence-electron chi connectivity index (χ4n) is 1.75. The van der Waals surface area contributed by atoms with E-state index in [-0.39, 0.29) is 13.2 Å². The van der Waals surface area contributed by atoms with E-state index in [4.69, 9.17) is 14.9 Å². The van der Waals surface area contributed by atoms with Gasteiger partial charge < -0.3 is 20.1 Å². The van der Waals surface area contributed by atoms with Crippen LogP contribution >= 0.6 is 0 Å². The van der Waals surface area contributed by atoms with Gasteiger partial charge in [0.25, 0.3) is 0 Å². The zero-order valence-electron chi connectivity index (χ0n) is 11.2. The van der Waals surface area contributed by atoms with Crippen LogP contribution in [0.5, 0.6) is 5.75 Å². The molecule has 0 unspecified atom stereocenters. The van der Waals surface area contributed by atoms with Crippen molar-refractivity contribution in [1.29, 1.82) is 0 Å². The van der Waals surface area contributed by atoms with Crippen molar-refractivity contribution in [2.45, 2.75) is 25.4 Å². The zero-order valence-corrected chi connectivity index (χ0v) is 11.2. The molecule has 0 spiro atoms. The Hall–Kier alpha value is -1.85. The van der Waals surface area contributed by atoms with Crippen molar-refractivity contribution in [2.75, 3.05) is 13.2 Å². The molecular weight excluding hydrogens is 260 g/mol. The zero-order chi connectivity index (χ0) is 14.8. The van der Waals surface area contributed by atoms with Crippen LogP contribution in [-0.4, -0.2) is 34.5 Å². The van der Waals surface area contributed by atoms with Gasteiger partial charge >= 0.3 is 5.97 Å². The predicted molar refractivity (Wildman–Crippen MR) is 74.6 cm³/mol. The monoisotopic (exact) mass is 280 g/mol. The first-order valence-electron chi connectivity index (χ1n) is 6.54. The van der Waals surface area contributed by atoms with Gasteiger partial charge in [0.15, 0.2) is 0 Å². The smallest absolute Gasteiger partial charge is 0.327 e. The molecule has 0 radical (unpaired) electrons. The lowest BCUT2D eigenvalue weighted by Crippen LogP contribution is -2.03. The highest BCUT2D eigenvalue weighted by Gasteiger charge is 2.07. The number of carboxylic acid groups (broad SMARTS) is 1. The molecule has 5 heteroatoms. The van der Waals surface area contributed by atoms with Gasteiger partial charge in [-0.3, -0.25) is 0 Å². The summed E-state index contributed by atoms with van der Waals surface area (Å²) >= 11 is 0. The molecular formula is C15H20O5. The van der Waals surface area contributed by atoms with Gasteiger partial charge in [0.1, 0.15) is 12.4 Å². The van der Waals surface area contributed by atoms with Crippen molar-refractivity contribution < 1.29 is 24.9 Å². The summed E-state index contributed by atoms with van der Waals surface area (Å²) in [6.07, 6.45) is 3.95. The number of aliphatic carboxylic acids is 1. The van der Waals surface area contributed by atoms with Gasteiger partial charge in [-0.2, -0.15) is 0 Å². The lowest BCUT2D eigenvalue weighted by atomic mass is 10.0. The second-order valence-corrected chi connectivity index (χ2v) is 4.33. The molecule has 0 saturated heterocycles. The Morgan fingerprint density at radius 1 is 1.40 bits per heavy atom. The Morgan fingerprint density at radius 3 is 2.90 bits per heavy atom. The molecule has 1 aromatic rings. The first-order valence-corrected chi connectivity index (χ1v) is 6.54. The van der Waals surface area contributed by atoms with E-state index in [0.29, 0.717) is 25.0 Å². The van der Waals surface area contributed by atoms with Crippen LogP contribution < -0.4 is 4.74 Å². The number of allylic oxidation sites excluding steroid dienone is 1. The molecule has 0 bridgehead atoms. The van der Waals surface area contributed by atoms with E-state index in [1.54, 1.807) is 24.3 Å². The molecule has 0 aliphatic rings. The third-order valence-corrected chi connectivity index (χ3v) is 2.71. The number of hydrogen-bond donors (Lipinski definition) is 3. The van der Waals surface area contributed by atoms with Crippen LogP contribution in [0.4, 0.5) is 0 Å². The first kappa shape index (κ1) is 16.2. The van der Waals surface area contributed by atoms with E-state index in [1.165, 1.54) is 0 Å². The number of benzene rings is 1. The Bertz CT molecular complexity index is 442. The van der Waals surface area contributed by atoms with Gasteiger partial charge in [0.05, 0.1) is 12.7 Å². The van der Waals surface area contributed by atoms with Gasteiger partial charge in [-0.15, -0.1) is 0 Å². The van der Waals surface area contributed by atoms with E-state index < -0.39 is 12.1 Å². The number of carbonyl (C=O) groups is 1. The molecule has 5 nitrogen and oxygen atoms in total. The lowest BCUT2D eigenvalue weighted by Gasteiger charge is -2.12. The minimum atomic E-state index is -0.959. The van der Waals surface area contributed by atoms with Crippen LogP contribution in [-0.2, 0) is 4.79 Å². The summed E-state index contributed by atoms with van der Waals surface area (Å²) in [4.78, 5) is 10.3. The second-order valence-electron chi connectivity index (χ2n) is 4.33. The molecule has 0 fully saturated rings. The normalized spacial score (nSPS) is 12.5. The Morgan fingerprint density at radius 2 is 2.20 bits per heavy atom. The molecule has 0 heterocycles. The van der Waals surface area contributed by atoms with E-state index in [1.807, 2.05) is 6.07 Å². The molecule has 0 aliphatic carbocycles. The number of aliphatic hydroxyl groups excluding tert-OH is 2. The molecule has 1 aromatic carbocycles. The largest absolute Gasteiger partial charge is 0.491 e. The Balaban J connectivity index is 2.42. The third kappa shape index (κ3) is 6.36. The van der Waals surface area contributed by atoms with Crippen LogP contribution in [0.3, 0.4) is 0 Å². The van der Waals surface area contributed by atoms with Gasteiger partial charge in [-0.25, -0.2) is 4.79 Å². The molecule has 1 atom stereocenters. The van der Waals surface area contributed by atoms with Crippen LogP contribution in [0.15, 0.2) is 36.4 Å². The Labute approximate surface area is 118 Å². The topological polar surface area (TPSA) is 87.0 Å². The van der Waals surface area contributed by atoms with Crippen molar-refractivity contribution in [2.24, 2.45) is 0 Å². The van der Waals surface area contributed by atoms with Crippen molar-refractivity contribution in [3.63, 3.8) is 0 Å². The molecule has 0 amide bonds. The minimum Gasteiger partial charge on any atom is -0.491 e. The van der Waals surface area contributed by atoms with Gasteiger partial charge in [-0.05, 0) is 37.0 Å². The highest BCUT2D eigenvalue weighted by Crippen LogP contribution is 2.23. The minimum absolute atomic E-state index is 0.0529. The quantitative estimate of drug-likeness (QED) is 0.475. The van der Waals surface area contributed by atoms with Crippen molar-refractivity contribution >= 4 is 5.97 Å². The molecule has 0 aliphatic heterocycles. The van der Waals surface area contributed by atoms with Gasteiger partial charge in [0, 0.05) is 6.08 Å². The lowest BCUT2D eigenvalue weighted by molar-refractivity contribution is -0.131. The van der Waals surface area contributed by atoms with E-state index in [9.17, 15) is 9.90 Å². The van der Waals surface area contributed by atoms with Crippen LogP contribution in [0, 0.1) is 0 Å². The van der Waals surface area contributed by atoms with Crippen molar-refractivity contribution in [3.8, 4) is 5.75 Å². The summed E-state index contributed by atoms with van der Waals surface area (Å²) in [6.45, 7) is 0.169. The maximum absolute atomic E-state index is 10.3. The summed E-state index contributed by atoms with van der Waals surface area (Å²) in [7, 11) is 0. The number of rotatable bonds is 9. The maximum atomic E-state index is 10.3. The van der Waals surface area contributed by atoms with Crippen LogP contribution in [0.1, 0.15) is 30.9 Å². The van der Waals surface area contributed by atoms with E-state index >= 15 is 0 Å². The van der Waals surface area contributed by atoms with Crippen molar-refractivity contribution in [1.82, 2.24) is 0 Å². The molecule has 3 N–H and O–H groups in total. The molecule has 20 heavy (non-hydrogen) atoms. The summed E-state index contributed by atoms with van der Waals surface area (Å²) in [6, 6.07) is 7.11.